The lowest BCUT2D eigenvalue weighted by atomic mass is 10.1. The highest BCUT2D eigenvalue weighted by molar-refractivity contribution is 5.97. The summed E-state index contributed by atoms with van der Waals surface area (Å²) in [4.78, 5) is 26.9. The number of nitrogens with zero attached hydrogens (tertiary/aromatic N) is 1. The Morgan fingerprint density at radius 2 is 1.48 bits per heavy atom. The first-order chi connectivity index (χ1) is 13.2. The Kier molecular flexibility index (Phi) is 6.47. The number of amides is 2. The summed E-state index contributed by atoms with van der Waals surface area (Å²) < 4.78 is 5.13. The van der Waals surface area contributed by atoms with E-state index in [1.165, 1.54) is 12.8 Å². The van der Waals surface area contributed by atoms with Gasteiger partial charge < -0.3 is 15.0 Å². The van der Waals surface area contributed by atoms with Crippen LogP contribution in [0.2, 0.25) is 0 Å². The van der Waals surface area contributed by atoms with E-state index in [0.717, 1.165) is 37.2 Å². The summed E-state index contributed by atoms with van der Waals surface area (Å²) in [6.45, 7) is 2.09. The Hall–Kier alpha value is -2.82. The number of ether oxygens (including phenoxy) is 1. The van der Waals surface area contributed by atoms with Gasteiger partial charge in [-0.3, -0.25) is 9.59 Å². The van der Waals surface area contributed by atoms with Crippen LogP contribution in [-0.4, -0.2) is 36.9 Å². The average Bonchev–Trinajstić information content (AvgIpc) is 3.01. The van der Waals surface area contributed by atoms with Gasteiger partial charge in [0.05, 0.1) is 7.11 Å². The van der Waals surface area contributed by atoms with E-state index in [1.807, 2.05) is 29.2 Å². The molecule has 1 aliphatic rings. The second kappa shape index (κ2) is 9.21. The molecule has 2 aromatic carbocycles. The van der Waals surface area contributed by atoms with Gasteiger partial charge in [-0.25, -0.2) is 0 Å². The van der Waals surface area contributed by atoms with Crippen molar-refractivity contribution in [1.82, 2.24) is 10.2 Å². The molecule has 0 spiro atoms. The third-order valence-electron chi connectivity index (χ3n) is 4.90. The van der Waals surface area contributed by atoms with Crippen LogP contribution in [0.5, 0.6) is 5.75 Å². The van der Waals surface area contributed by atoms with E-state index < -0.39 is 0 Å². The van der Waals surface area contributed by atoms with Gasteiger partial charge in [0.15, 0.2) is 0 Å². The van der Waals surface area contributed by atoms with Gasteiger partial charge in [0.1, 0.15) is 5.75 Å². The van der Waals surface area contributed by atoms with Crippen LogP contribution in [0.1, 0.15) is 52.0 Å². The first-order valence-electron chi connectivity index (χ1n) is 9.48. The van der Waals surface area contributed by atoms with E-state index in [4.69, 9.17) is 4.74 Å². The lowest BCUT2D eigenvalue weighted by Crippen LogP contribution is -2.31. The number of methoxy groups -OCH3 is 1. The third kappa shape index (κ3) is 5.09. The second-order valence-electron chi connectivity index (χ2n) is 6.81. The first kappa shape index (κ1) is 19.0. The van der Waals surface area contributed by atoms with Gasteiger partial charge in [0.25, 0.3) is 11.8 Å². The van der Waals surface area contributed by atoms with Gasteiger partial charge in [0, 0.05) is 30.8 Å². The van der Waals surface area contributed by atoms with Crippen molar-refractivity contribution in [3.05, 3.63) is 65.2 Å². The topological polar surface area (TPSA) is 58.6 Å². The normalized spacial score (nSPS) is 14.3. The van der Waals surface area contributed by atoms with Gasteiger partial charge in [0.2, 0.25) is 0 Å². The molecule has 0 aromatic heterocycles. The SMILES string of the molecule is COc1ccc(CNC(=O)c2ccc(C(=O)N3CCCCCC3)cc2)cc1. The molecule has 3 rings (SSSR count). The maximum atomic E-state index is 12.6. The van der Waals surface area contributed by atoms with Gasteiger partial charge in [-0.05, 0) is 54.8 Å². The lowest BCUT2D eigenvalue weighted by Gasteiger charge is -2.20. The molecule has 0 radical (unpaired) electrons. The maximum absolute atomic E-state index is 12.6. The van der Waals surface area contributed by atoms with Crippen LogP contribution in [0.15, 0.2) is 48.5 Å². The highest BCUT2D eigenvalue weighted by Gasteiger charge is 2.17. The maximum Gasteiger partial charge on any atom is 0.253 e. The molecule has 0 saturated carbocycles. The summed E-state index contributed by atoms with van der Waals surface area (Å²) in [5, 5.41) is 2.90. The first-order valence-corrected chi connectivity index (χ1v) is 9.48. The molecule has 1 heterocycles. The third-order valence-corrected chi connectivity index (χ3v) is 4.90. The largest absolute Gasteiger partial charge is 0.497 e. The van der Waals surface area contributed by atoms with Crippen molar-refractivity contribution in [2.75, 3.05) is 20.2 Å². The van der Waals surface area contributed by atoms with Crippen molar-refractivity contribution < 1.29 is 14.3 Å². The Labute approximate surface area is 160 Å². The average molecular weight is 366 g/mol. The quantitative estimate of drug-likeness (QED) is 0.879. The Bertz CT molecular complexity index is 761. The molecule has 0 bridgehead atoms. The minimum Gasteiger partial charge on any atom is -0.497 e. The number of benzene rings is 2. The zero-order valence-corrected chi connectivity index (χ0v) is 15.7. The zero-order chi connectivity index (χ0) is 19.1. The standard InChI is InChI=1S/C22H26N2O3/c1-27-20-12-6-17(7-13-20)16-23-21(25)18-8-10-19(11-9-18)22(26)24-14-4-2-3-5-15-24/h6-13H,2-5,14-16H2,1H3,(H,23,25). The van der Waals surface area contributed by atoms with E-state index >= 15 is 0 Å². The molecule has 0 unspecified atom stereocenters. The van der Waals surface area contributed by atoms with E-state index in [9.17, 15) is 9.59 Å². The second-order valence-corrected chi connectivity index (χ2v) is 6.81. The fourth-order valence-corrected chi connectivity index (χ4v) is 3.25. The van der Waals surface area contributed by atoms with Gasteiger partial charge in [-0.2, -0.15) is 0 Å². The molecule has 2 aromatic rings. The van der Waals surface area contributed by atoms with Crippen LogP contribution < -0.4 is 10.1 Å². The number of hydrogen-bond donors (Lipinski definition) is 1. The molecule has 1 fully saturated rings. The Morgan fingerprint density at radius 3 is 2.07 bits per heavy atom. The molecule has 27 heavy (non-hydrogen) atoms. The molecule has 5 nitrogen and oxygen atoms in total. The summed E-state index contributed by atoms with van der Waals surface area (Å²) in [5.74, 6) is 0.691. The predicted octanol–water partition coefficient (Wildman–Crippen LogP) is 3.64. The molecular formula is C22H26N2O3. The number of nitrogens with one attached hydrogen (secondary N) is 1. The molecule has 0 aliphatic carbocycles. The predicted molar refractivity (Wildman–Crippen MR) is 105 cm³/mol. The van der Waals surface area contributed by atoms with Crippen molar-refractivity contribution in [2.24, 2.45) is 0 Å². The Balaban J connectivity index is 1.56. The summed E-state index contributed by atoms with van der Waals surface area (Å²) >= 11 is 0. The molecule has 1 saturated heterocycles. The van der Waals surface area contributed by atoms with Crippen molar-refractivity contribution in [3.63, 3.8) is 0 Å². The van der Waals surface area contributed by atoms with Crippen LogP contribution in [0.25, 0.3) is 0 Å². The summed E-state index contributed by atoms with van der Waals surface area (Å²) in [6, 6.07) is 14.5. The van der Waals surface area contributed by atoms with Crippen molar-refractivity contribution in [2.45, 2.75) is 32.2 Å². The van der Waals surface area contributed by atoms with Crippen molar-refractivity contribution in [3.8, 4) is 5.75 Å². The summed E-state index contributed by atoms with van der Waals surface area (Å²) in [6.07, 6.45) is 4.52. The van der Waals surface area contributed by atoms with Gasteiger partial charge in [-0.1, -0.05) is 25.0 Å². The van der Waals surface area contributed by atoms with Crippen LogP contribution in [0, 0.1) is 0 Å². The molecular weight excluding hydrogens is 340 g/mol. The lowest BCUT2D eigenvalue weighted by molar-refractivity contribution is 0.0761. The fraction of sp³-hybridized carbons (Fsp3) is 0.364. The van der Waals surface area contributed by atoms with Crippen LogP contribution in [-0.2, 0) is 6.54 Å². The highest BCUT2D eigenvalue weighted by atomic mass is 16.5. The van der Waals surface area contributed by atoms with E-state index in [-0.39, 0.29) is 11.8 Å². The number of hydrogen-bond acceptors (Lipinski definition) is 3. The molecule has 1 N–H and O–H groups in total. The summed E-state index contributed by atoms with van der Waals surface area (Å²) in [7, 11) is 1.62. The molecule has 142 valence electrons. The van der Waals surface area contributed by atoms with Crippen LogP contribution in [0.3, 0.4) is 0 Å². The van der Waals surface area contributed by atoms with Crippen molar-refractivity contribution in [1.29, 1.82) is 0 Å². The Morgan fingerprint density at radius 1 is 0.889 bits per heavy atom. The van der Waals surface area contributed by atoms with Crippen LogP contribution in [0.4, 0.5) is 0 Å². The smallest absolute Gasteiger partial charge is 0.253 e. The molecule has 5 heteroatoms. The monoisotopic (exact) mass is 366 g/mol. The summed E-state index contributed by atoms with van der Waals surface area (Å²) in [5.41, 5.74) is 2.19. The molecule has 1 aliphatic heterocycles. The highest BCUT2D eigenvalue weighted by Crippen LogP contribution is 2.15. The molecule has 0 atom stereocenters. The molecule has 2 amide bonds. The minimum absolute atomic E-state index is 0.0575. The van der Waals surface area contributed by atoms with Crippen LogP contribution >= 0.6 is 0 Å². The van der Waals surface area contributed by atoms with E-state index in [0.29, 0.717) is 17.7 Å². The van der Waals surface area contributed by atoms with E-state index in [2.05, 4.69) is 5.32 Å². The van der Waals surface area contributed by atoms with Gasteiger partial charge >= 0.3 is 0 Å². The number of carbonyl (C=O) groups excluding carboxylic acids is 2. The number of rotatable bonds is 5. The zero-order valence-electron chi connectivity index (χ0n) is 15.7. The fourth-order valence-electron chi connectivity index (χ4n) is 3.25. The van der Waals surface area contributed by atoms with Crippen molar-refractivity contribution >= 4 is 11.8 Å². The van der Waals surface area contributed by atoms with Gasteiger partial charge in [-0.15, -0.1) is 0 Å². The minimum atomic E-state index is -0.153. The van der Waals surface area contributed by atoms with E-state index in [1.54, 1.807) is 31.4 Å². The number of carbonyl (C=O) groups is 2. The number of likely N-dealkylation sites (tertiary alicyclic amines) is 1.